The van der Waals surface area contributed by atoms with Crippen LogP contribution in [0, 0.1) is 17.8 Å². The minimum Gasteiger partial charge on any atom is -0.369 e. The number of sulfonamides is 1. The molecular formula is C24H30F2N6O3S2. The van der Waals surface area contributed by atoms with Crippen molar-refractivity contribution in [2.24, 2.45) is 17.8 Å². The average Bonchev–Trinajstić information content (AvgIpc) is 3.22. The molecule has 200 valence electrons. The van der Waals surface area contributed by atoms with Crippen LogP contribution >= 0.6 is 11.3 Å². The Bertz CT molecular complexity index is 1450. The van der Waals surface area contributed by atoms with Crippen molar-refractivity contribution in [3.8, 4) is 10.8 Å². The van der Waals surface area contributed by atoms with E-state index in [0.29, 0.717) is 30.7 Å². The molecule has 1 aliphatic heterocycles. The first-order valence-electron chi connectivity index (χ1n) is 12.3. The van der Waals surface area contributed by atoms with E-state index in [1.54, 1.807) is 16.7 Å². The van der Waals surface area contributed by atoms with Gasteiger partial charge in [-0.3, -0.25) is 9.20 Å². The number of aromatic nitrogens is 4. The van der Waals surface area contributed by atoms with Gasteiger partial charge in [-0.15, -0.1) is 10.2 Å². The zero-order valence-electron chi connectivity index (χ0n) is 21.1. The Morgan fingerprint density at radius 3 is 2.59 bits per heavy atom. The Labute approximate surface area is 218 Å². The summed E-state index contributed by atoms with van der Waals surface area (Å²) in [6, 6.07) is 1.64. The Balaban J connectivity index is 1.59. The van der Waals surface area contributed by atoms with Crippen LogP contribution in [0.1, 0.15) is 58.4 Å². The first kappa shape index (κ1) is 26.1. The third kappa shape index (κ3) is 5.00. The largest absolute Gasteiger partial charge is 0.369 e. The van der Waals surface area contributed by atoms with Crippen molar-refractivity contribution in [1.82, 2.24) is 24.3 Å². The van der Waals surface area contributed by atoms with Crippen LogP contribution in [0.15, 0.2) is 23.4 Å². The number of carbonyl (C=O) groups excluding carboxylic acids is 1. The van der Waals surface area contributed by atoms with Crippen LogP contribution in [0.2, 0.25) is 0 Å². The summed E-state index contributed by atoms with van der Waals surface area (Å²) in [4.78, 5) is 19.3. The van der Waals surface area contributed by atoms with Crippen LogP contribution in [-0.2, 0) is 14.8 Å². The van der Waals surface area contributed by atoms with Crippen molar-refractivity contribution in [1.29, 1.82) is 0 Å². The minimum absolute atomic E-state index is 0.0449. The SMILES string of the molecule is CC(C)C(=O)C1CCN(c2cc(S(=O)(=O)NC3(C)CC3)cn3c(-c4nnc(C(F)F)s4)ncc23)C[C@@H]1C. The number of nitrogens with zero attached hydrogens (tertiary/aromatic N) is 5. The van der Waals surface area contributed by atoms with Gasteiger partial charge in [0, 0.05) is 36.7 Å². The third-order valence-electron chi connectivity index (χ3n) is 7.28. The maximum atomic E-state index is 13.4. The van der Waals surface area contributed by atoms with Gasteiger partial charge in [-0.25, -0.2) is 26.9 Å². The van der Waals surface area contributed by atoms with E-state index < -0.39 is 27.0 Å². The number of anilines is 1. The van der Waals surface area contributed by atoms with Gasteiger partial charge in [-0.05, 0) is 38.2 Å². The zero-order valence-corrected chi connectivity index (χ0v) is 22.7. The van der Waals surface area contributed by atoms with Gasteiger partial charge in [0.15, 0.2) is 15.8 Å². The first-order valence-corrected chi connectivity index (χ1v) is 14.6. The lowest BCUT2D eigenvalue weighted by Crippen LogP contribution is -2.43. The van der Waals surface area contributed by atoms with E-state index >= 15 is 0 Å². The van der Waals surface area contributed by atoms with Gasteiger partial charge in [0.2, 0.25) is 10.0 Å². The molecule has 0 amide bonds. The molecule has 2 atom stereocenters. The number of piperidine rings is 1. The molecule has 1 unspecified atom stereocenters. The van der Waals surface area contributed by atoms with E-state index in [-0.39, 0.29) is 39.3 Å². The zero-order chi connectivity index (χ0) is 26.7. The number of fused-ring (bicyclic) bond motifs is 1. The van der Waals surface area contributed by atoms with Crippen molar-refractivity contribution in [2.75, 3.05) is 18.0 Å². The molecule has 1 saturated carbocycles. The van der Waals surface area contributed by atoms with Crippen LogP contribution < -0.4 is 9.62 Å². The highest BCUT2D eigenvalue weighted by Gasteiger charge is 2.42. The van der Waals surface area contributed by atoms with Crippen molar-refractivity contribution in [3.63, 3.8) is 0 Å². The molecule has 9 nitrogen and oxygen atoms in total. The Morgan fingerprint density at radius 1 is 1.27 bits per heavy atom. The topological polar surface area (TPSA) is 110 Å². The van der Waals surface area contributed by atoms with Gasteiger partial charge in [0.1, 0.15) is 10.7 Å². The van der Waals surface area contributed by atoms with Crippen LogP contribution in [0.5, 0.6) is 0 Å². The normalized spacial score (nSPS) is 21.8. The molecule has 3 aromatic rings. The molecule has 0 bridgehead atoms. The molecule has 1 saturated heterocycles. The molecule has 1 aliphatic carbocycles. The average molecular weight is 553 g/mol. The summed E-state index contributed by atoms with van der Waals surface area (Å²) >= 11 is 0.723. The number of hydrogen-bond donors (Lipinski definition) is 1. The summed E-state index contributed by atoms with van der Waals surface area (Å²) in [6.07, 6.45) is 2.46. The van der Waals surface area contributed by atoms with Crippen LogP contribution in [0.4, 0.5) is 14.5 Å². The molecule has 3 aromatic heterocycles. The Kier molecular flexibility index (Phi) is 6.60. The molecule has 2 aliphatic rings. The summed E-state index contributed by atoms with van der Waals surface area (Å²) in [5.41, 5.74) is 0.811. The standard InChI is InChI=1S/C24H30F2N6O3S2/c1-13(2)19(33)16-5-8-31(11-14(16)3)17-9-15(37(34,35)30-24(4)6-7-24)12-32-18(17)10-27-21(32)23-29-28-22(36-23)20(25)26/h9-10,12-14,16,20,30H,5-8,11H2,1-4H3/t14-,16?/m0/s1. The number of pyridine rings is 1. The van der Waals surface area contributed by atoms with E-state index in [1.807, 2.05) is 27.7 Å². The number of Topliss-reactive ketones (excluding diaryl/α,β-unsaturated/α-hetero) is 1. The maximum Gasteiger partial charge on any atom is 0.291 e. The minimum atomic E-state index is -3.87. The van der Waals surface area contributed by atoms with E-state index in [4.69, 9.17) is 0 Å². The van der Waals surface area contributed by atoms with Crippen molar-refractivity contribution >= 4 is 38.3 Å². The predicted octanol–water partition coefficient (Wildman–Crippen LogP) is 4.31. The summed E-state index contributed by atoms with van der Waals surface area (Å²) in [5, 5.41) is 7.19. The van der Waals surface area contributed by atoms with Crippen molar-refractivity contribution in [3.05, 3.63) is 23.5 Å². The summed E-state index contributed by atoms with van der Waals surface area (Å²) in [6.45, 7) is 8.87. The van der Waals surface area contributed by atoms with Gasteiger partial charge >= 0.3 is 0 Å². The highest BCUT2D eigenvalue weighted by Crippen LogP contribution is 2.38. The predicted molar refractivity (Wildman–Crippen MR) is 136 cm³/mol. The number of rotatable bonds is 8. The van der Waals surface area contributed by atoms with Gasteiger partial charge in [0.05, 0.1) is 17.4 Å². The fourth-order valence-corrected chi connectivity index (χ4v) is 7.09. The second-order valence-electron chi connectivity index (χ2n) is 10.7. The smallest absolute Gasteiger partial charge is 0.291 e. The monoisotopic (exact) mass is 552 g/mol. The molecule has 1 N–H and O–H groups in total. The fraction of sp³-hybridized carbons (Fsp3) is 0.583. The number of imidazole rings is 1. The fourth-order valence-electron chi connectivity index (χ4n) is 4.91. The van der Waals surface area contributed by atoms with E-state index in [9.17, 15) is 22.0 Å². The van der Waals surface area contributed by atoms with Gasteiger partial charge < -0.3 is 4.90 Å². The first-order chi connectivity index (χ1) is 17.4. The molecule has 13 heteroatoms. The summed E-state index contributed by atoms with van der Waals surface area (Å²) in [7, 11) is -3.87. The maximum absolute atomic E-state index is 13.4. The Hall–Kier alpha value is -2.51. The van der Waals surface area contributed by atoms with Gasteiger partial charge in [-0.2, -0.15) is 0 Å². The molecule has 37 heavy (non-hydrogen) atoms. The number of hydrogen-bond acceptors (Lipinski definition) is 8. The van der Waals surface area contributed by atoms with Gasteiger partial charge in [0.25, 0.3) is 6.43 Å². The second-order valence-corrected chi connectivity index (χ2v) is 13.4. The van der Waals surface area contributed by atoms with Crippen molar-refractivity contribution < 1.29 is 22.0 Å². The van der Waals surface area contributed by atoms with Crippen LogP contribution in [0.3, 0.4) is 0 Å². The molecule has 0 spiro atoms. The molecule has 0 radical (unpaired) electrons. The molecule has 4 heterocycles. The highest BCUT2D eigenvalue weighted by molar-refractivity contribution is 7.89. The molecule has 5 rings (SSSR count). The number of alkyl halides is 2. The second kappa shape index (κ2) is 9.35. The summed E-state index contributed by atoms with van der Waals surface area (Å²) in [5.74, 6) is 0.467. The number of nitrogens with one attached hydrogen (secondary N) is 1. The third-order valence-corrected chi connectivity index (χ3v) is 9.82. The lowest BCUT2D eigenvalue weighted by Gasteiger charge is -2.38. The number of halogens is 2. The number of carbonyl (C=O) groups is 1. The van der Waals surface area contributed by atoms with Gasteiger partial charge in [-0.1, -0.05) is 32.1 Å². The molecule has 0 aromatic carbocycles. The van der Waals surface area contributed by atoms with E-state index in [1.165, 1.54) is 6.20 Å². The molecule has 2 fully saturated rings. The van der Waals surface area contributed by atoms with Crippen molar-refractivity contribution in [2.45, 2.75) is 63.8 Å². The van der Waals surface area contributed by atoms with E-state index in [0.717, 1.165) is 24.2 Å². The number of ketones is 1. The quantitative estimate of drug-likeness (QED) is 0.444. The molecular weight excluding hydrogens is 522 g/mol. The lowest BCUT2D eigenvalue weighted by atomic mass is 9.80. The van der Waals surface area contributed by atoms with Crippen LogP contribution in [-0.4, -0.2) is 52.4 Å². The summed E-state index contributed by atoms with van der Waals surface area (Å²) < 4.78 is 57.5. The Morgan fingerprint density at radius 2 is 2.00 bits per heavy atom. The van der Waals surface area contributed by atoms with E-state index in [2.05, 4.69) is 24.8 Å². The van der Waals surface area contributed by atoms with Crippen LogP contribution in [0.25, 0.3) is 16.3 Å². The highest BCUT2D eigenvalue weighted by atomic mass is 32.2. The lowest BCUT2D eigenvalue weighted by molar-refractivity contribution is -0.127.